The van der Waals surface area contributed by atoms with Gasteiger partial charge in [-0.05, 0) is 43.5 Å². The SMILES string of the molecule is Cc1c(N)cccc1CN1CCCC2C(=O)NCC21. The molecule has 2 atom stereocenters. The third kappa shape index (κ3) is 2.21. The Labute approximate surface area is 114 Å². The lowest BCUT2D eigenvalue weighted by molar-refractivity contribution is -0.124. The van der Waals surface area contributed by atoms with Gasteiger partial charge in [0, 0.05) is 24.8 Å². The zero-order valence-electron chi connectivity index (χ0n) is 11.4. The van der Waals surface area contributed by atoms with E-state index in [-0.39, 0.29) is 11.8 Å². The molecule has 2 aliphatic heterocycles. The van der Waals surface area contributed by atoms with Crippen molar-refractivity contribution in [2.75, 3.05) is 18.8 Å². The summed E-state index contributed by atoms with van der Waals surface area (Å²) in [6.07, 6.45) is 2.14. The summed E-state index contributed by atoms with van der Waals surface area (Å²) in [6.45, 7) is 4.84. The third-order valence-electron chi connectivity index (χ3n) is 4.58. The zero-order chi connectivity index (χ0) is 13.4. The lowest BCUT2D eigenvalue weighted by Gasteiger charge is -2.36. The Bertz CT molecular complexity index is 500. The van der Waals surface area contributed by atoms with Gasteiger partial charge in [-0.3, -0.25) is 9.69 Å². The predicted molar refractivity (Wildman–Crippen MR) is 75.5 cm³/mol. The molecule has 2 saturated heterocycles. The fourth-order valence-electron chi connectivity index (χ4n) is 3.33. The molecule has 2 unspecified atom stereocenters. The molecule has 19 heavy (non-hydrogen) atoms. The van der Waals surface area contributed by atoms with Gasteiger partial charge in [0.25, 0.3) is 0 Å². The van der Waals surface area contributed by atoms with Crippen molar-refractivity contribution in [3.8, 4) is 0 Å². The number of hydrogen-bond donors (Lipinski definition) is 2. The van der Waals surface area contributed by atoms with E-state index in [0.717, 1.165) is 38.2 Å². The molecule has 1 amide bonds. The van der Waals surface area contributed by atoms with Gasteiger partial charge in [0.15, 0.2) is 0 Å². The Hall–Kier alpha value is -1.55. The highest BCUT2D eigenvalue weighted by atomic mass is 16.2. The number of nitrogens with one attached hydrogen (secondary N) is 1. The minimum absolute atomic E-state index is 0.190. The van der Waals surface area contributed by atoms with E-state index in [1.54, 1.807) is 0 Å². The minimum atomic E-state index is 0.190. The molecule has 2 fully saturated rings. The first kappa shape index (κ1) is 12.5. The van der Waals surface area contributed by atoms with Gasteiger partial charge >= 0.3 is 0 Å². The van der Waals surface area contributed by atoms with E-state index in [0.29, 0.717) is 6.04 Å². The van der Waals surface area contributed by atoms with Crippen molar-refractivity contribution < 1.29 is 4.79 Å². The van der Waals surface area contributed by atoms with Crippen LogP contribution < -0.4 is 11.1 Å². The van der Waals surface area contributed by atoms with Gasteiger partial charge in [0.2, 0.25) is 5.91 Å². The second kappa shape index (κ2) is 4.85. The number of nitrogens with two attached hydrogens (primary N) is 1. The van der Waals surface area contributed by atoms with Crippen molar-refractivity contribution in [2.45, 2.75) is 32.4 Å². The van der Waals surface area contributed by atoms with Crippen LogP contribution in [0.4, 0.5) is 5.69 Å². The molecule has 4 nitrogen and oxygen atoms in total. The van der Waals surface area contributed by atoms with E-state index in [9.17, 15) is 4.79 Å². The molecular weight excluding hydrogens is 238 g/mol. The van der Waals surface area contributed by atoms with E-state index in [4.69, 9.17) is 5.73 Å². The second-order valence-corrected chi connectivity index (χ2v) is 5.66. The standard InChI is InChI=1S/C15H21N3O/c1-10-11(4-2-6-13(10)16)9-18-7-3-5-12-14(18)8-17-15(12)19/h2,4,6,12,14H,3,5,7-9,16H2,1H3,(H,17,19). The van der Waals surface area contributed by atoms with Gasteiger partial charge in [0.1, 0.15) is 0 Å². The number of hydrogen-bond acceptors (Lipinski definition) is 3. The molecule has 3 rings (SSSR count). The first-order valence-corrected chi connectivity index (χ1v) is 7.02. The number of anilines is 1. The first-order valence-electron chi connectivity index (χ1n) is 7.02. The van der Waals surface area contributed by atoms with Gasteiger partial charge in [-0.15, -0.1) is 0 Å². The Morgan fingerprint density at radius 3 is 3.16 bits per heavy atom. The quantitative estimate of drug-likeness (QED) is 0.787. The molecule has 0 aromatic heterocycles. The van der Waals surface area contributed by atoms with Crippen LogP contribution in [-0.4, -0.2) is 29.9 Å². The topological polar surface area (TPSA) is 58.4 Å². The Morgan fingerprint density at radius 1 is 1.47 bits per heavy atom. The van der Waals surface area contributed by atoms with Crippen molar-refractivity contribution in [1.82, 2.24) is 10.2 Å². The molecule has 3 N–H and O–H groups in total. The average Bonchev–Trinajstić information content (AvgIpc) is 2.78. The number of benzene rings is 1. The minimum Gasteiger partial charge on any atom is -0.399 e. The maximum atomic E-state index is 11.8. The third-order valence-corrected chi connectivity index (χ3v) is 4.58. The summed E-state index contributed by atoms with van der Waals surface area (Å²) in [6, 6.07) is 6.46. The van der Waals surface area contributed by atoms with Crippen molar-refractivity contribution >= 4 is 11.6 Å². The Balaban J connectivity index is 1.79. The first-order chi connectivity index (χ1) is 9.16. The van der Waals surface area contributed by atoms with Gasteiger partial charge in [-0.25, -0.2) is 0 Å². The van der Waals surface area contributed by atoms with Crippen LogP contribution in [0.25, 0.3) is 0 Å². The molecule has 2 aliphatic rings. The van der Waals surface area contributed by atoms with Crippen LogP contribution in [0, 0.1) is 12.8 Å². The fraction of sp³-hybridized carbons (Fsp3) is 0.533. The van der Waals surface area contributed by atoms with Crippen LogP contribution in [0.2, 0.25) is 0 Å². The number of carbonyl (C=O) groups excluding carboxylic acids is 1. The fourth-order valence-corrected chi connectivity index (χ4v) is 3.33. The predicted octanol–water partition coefficient (Wildman–Crippen LogP) is 1.29. The van der Waals surface area contributed by atoms with Gasteiger partial charge < -0.3 is 11.1 Å². The highest BCUT2D eigenvalue weighted by molar-refractivity contribution is 5.82. The smallest absolute Gasteiger partial charge is 0.224 e. The Morgan fingerprint density at radius 2 is 2.32 bits per heavy atom. The lowest BCUT2D eigenvalue weighted by Crippen LogP contribution is -2.45. The van der Waals surface area contributed by atoms with E-state index in [1.807, 2.05) is 12.1 Å². The molecule has 2 heterocycles. The normalized spacial score (nSPS) is 27.1. The largest absolute Gasteiger partial charge is 0.399 e. The number of rotatable bonds is 2. The van der Waals surface area contributed by atoms with E-state index >= 15 is 0 Å². The molecule has 0 saturated carbocycles. The van der Waals surface area contributed by atoms with E-state index < -0.39 is 0 Å². The van der Waals surface area contributed by atoms with Crippen molar-refractivity contribution in [1.29, 1.82) is 0 Å². The van der Waals surface area contributed by atoms with Crippen LogP contribution in [-0.2, 0) is 11.3 Å². The van der Waals surface area contributed by atoms with Crippen LogP contribution in [0.5, 0.6) is 0 Å². The monoisotopic (exact) mass is 259 g/mol. The number of nitrogen functional groups attached to an aromatic ring is 1. The maximum absolute atomic E-state index is 11.8. The van der Waals surface area contributed by atoms with Crippen molar-refractivity contribution in [3.05, 3.63) is 29.3 Å². The number of piperidine rings is 1. The van der Waals surface area contributed by atoms with Gasteiger partial charge in [-0.2, -0.15) is 0 Å². The van der Waals surface area contributed by atoms with Gasteiger partial charge in [-0.1, -0.05) is 12.1 Å². The van der Waals surface area contributed by atoms with Gasteiger partial charge in [0.05, 0.1) is 5.92 Å². The molecule has 1 aromatic carbocycles. The molecule has 0 aliphatic carbocycles. The summed E-state index contributed by atoms with van der Waals surface area (Å²) in [5.41, 5.74) is 9.27. The summed E-state index contributed by atoms with van der Waals surface area (Å²) in [7, 11) is 0. The summed E-state index contributed by atoms with van der Waals surface area (Å²) >= 11 is 0. The van der Waals surface area contributed by atoms with E-state index in [2.05, 4.69) is 23.2 Å². The van der Waals surface area contributed by atoms with Crippen LogP contribution in [0.15, 0.2) is 18.2 Å². The highest BCUT2D eigenvalue weighted by Crippen LogP contribution is 2.29. The number of nitrogens with zero attached hydrogens (tertiary/aromatic N) is 1. The molecule has 0 bridgehead atoms. The summed E-state index contributed by atoms with van der Waals surface area (Å²) in [5, 5.41) is 3.00. The van der Waals surface area contributed by atoms with Crippen LogP contribution in [0.3, 0.4) is 0 Å². The Kier molecular flexibility index (Phi) is 3.19. The van der Waals surface area contributed by atoms with Crippen molar-refractivity contribution in [3.63, 3.8) is 0 Å². The number of carbonyl (C=O) groups is 1. The maximum Gasteiger partial charge on any atom is 0.224 e. The molecular formula is C15H21N3O. The lowest BCUT2D eigenvalue weighted by atomic mass is 9.91. The summed E-state index contributed by atoms with van der Waals surface area (Å²) < 4.78 is 0. The molecule has 0 radical (unpaired) electrons. The summed E-state index contributed by atoms with van der Waals surface area (Å²) in [5.74, 6) is 0.425. The number of amides is 1. The average molecular weight is 259 g/mol. The molecule has 0 spiro atoms. The number of likely N-dealkylation sites (tertiary alicyclic amines) is 1. The van der Waals surface area contributed by atoms with Crippen LogP contribution >= 0.6 is 0 Å². The molecule has 1 aromatic rings. The van der Waals surface area contributed by atoms with E-state index in [1.165, 1.54) is 11.1 Å². The number of fused-ring (bicyclic) bond motifs is 1. The highest BCUT2D eigenvalue weighted by Gasteiger charge is 2.40. The molecule has 102 valence electrons. The zero-order valence-corrected chi connectivity index (χ0v) is 11.4. The van der Waals surface area contributed by atoms with Crippen molar-refractivity contribution in [2.24, 2.45) is 5.92 Å². The second-order valence-electron chi connectivity index (χ2n) is 5.66. The molecule has 4 heteroatoms. The van der Waals surface area contributed by atoms with Crippen LogP contribution in [0.1, 0.15) is 24.0 Å². The summed E-state index contributed by atoms with van der Waals surface area (Å²) in [4.78, 5) is 14.2.